The van der Waals surface area contributed by atoms with Crippen molar-refractivity contribution in [2.24, 2.45) is 5.10 Å². The van der Waals surface area contributed by atoms with Gasteiger partial charge in [-0.25, -0.2) is 5.43 Å². The molecule has 6 nitrogen and oxygen atoms in total. The lowest BCUT2D eigenvalue weighted by molar-refractivity contribution is -0.130. The fraction of sp³-hybridized carbons (Fsp3) is 0.143. The van der Waals surface area contributed by atoms with Crippen molar-refractivity contribution in [3.8, 4) is 11.5 Å². The summed E-state index contributed by atoms with van der Waals surface area (Å²) in [5.41, 5.74) is 3.23. The minimum atomic E-state index is -0.703. The summed E-state index contributed by atoms with van der Waals surface area (Å²) >= 11 is 0. The summed E-state index contributed by atoms with van der Waals surface area (Å²) < 4.78 is 11.0. The fourth-order valence-electron chi connectivity index (χ4n) is 1.81. The van der Waals surface area contributed by atoms with Crippen molar-refractivity contribution in [2.45, 2.75) is 6.10 Å². The number of para-hydroxylation sites is 2. The zero-order chi connectivity index (χ0) is 13.8. The number of carbonyl (C=O) groups excluding carboxylic acids is 1. The normalized spacial score (nSPS) is 17.1. The van der Waals surface area contributed by atoms with Gasteiger partial charge in [-0.1, -0.05) is 12.1 Å². The number of nitrogens with zero attached hydrogens (tertiary/aromatic N) is 1. The predicted molar refractivity (Wildman–Crippen MR) is 72.9 cm³/mol. The molecule has 3 rings (SSSR count). The highest BCUT2D eigenvalue weighted by molar-refractivity contribution is 5.84. The third kappa shape index (κ3) is 2.64. The van der Waals surface area contributed by atoms with E-state index in [9.17, 15) is 4.79 Å². The van der Waals surface area contributed by atoms with E-state index in [0.29, 0.717) is 11.5 Å². The minimum absolute atomic E-state index is 0.168. The van der Waals surface area contributed by atoms with Crippen molar-refractivity contribution in [1.29, 1.82) is 0 Å². The van der Waals surface area contributed by atoms with E-state index < -0.39 is 6.10 Å². The molecule has 1 amide bonds. The molecule has 0 aliphatic carbocycles. The van der Waals surface area contributed by atoms with Crippen LogP contribution in [0.3, 0.4) is 0 Å². The van der Waals surface area contributed by atoms with Crippen LogP contribution in [0.4, 0.5) is 0 Å². The van der Waals surface area contributed by atoms with Gasteiger partial charge >= 0.3 is 0 Å². The van der Waals surface area contributed by atoms with Gasteiger partial charge in [0.1, 0.15) is 6.61 Å². The van der Waals surface area contributed by atoms with E-state index in [1.165, 1.54) is 6.21 Å². The van der Waals surface area contributed by atoms with Gasteiger partial charge < -0.3 is 14.5 Å². The summed E-state index contributed by atoms with van der Waals surface area (Å²) in [6.07, 6.45) is 2.60. The van der Waals surface area contributed by atoms with Gasteiger partial charge in [-0.05, 0) is 24.3 Å². The van der Waals surface area contributed by atoms with E-state index >= 15 is 0 Å². The van der Waals surface area contributed by atoms with Crippen molar-refractivity contribution in [2.75, 3.05) is 6.61 Å². The molecule has 0 bridgehead atoms. The number of ether oxygens (including phenoxy) is 2. The molecule has 0 fully saturated rings. The number of hydrogen-bond donors (Lipinski definition) is 2. The molecule has 6 heteroatoms. The van der Waals surface area contributed by atoms with Crippen molar-refractivity contribution in [1.82, 2.24) is 10.4 Å². The third-order valence-corrected chi connectivity index (χ3v) is 2.80. The molecule has 0 spiro atoms. The molecule has 1 atom stereocenters. The molecule has 1 aromatic carbocycles. The highest BCUT2D eigenvalue weighted by atomic mass is 16.6. The van der Waals surface area contributed by atoms with Gasteiger partial charge in [-0.2, -0.15) is 5.10 Å². The van der Waals surface area contributed by atoms with Crippen LogP contribution in [-0.2, 0) is 4.79 Å². The Kier molecular flexibility index (Phi) is 3.36. The second-order valence-electron chi connectivity index (χ2n) is 4.22. The maximum atomic E-state index is 11.9. The Hall–Kier alpha value is -2.76. The molecule has 1 unspecified atom stereocenters. The zero-order valence-corrected chi connectivity index (χ0v) is 10.6. The number of benzene rings is 1. The van der Waals surface area contributed by atoms with Gasteiger partial charge in [-0.3, -0.25) is 4.79 Å². The Morgan fingerprint density at radius 3 is 2.95 bits per heavy atom. The number of aromatic nitrogens is 1. The Morgan fingerprint density at radius 1 is 1.30 bits per heavy atom. The van der Waals surface area contributed by atoms with Crippen LogP contribution in [-0.4, -0.2) is 29.8 Å². The van der Waals surface area contributed by atoms with E-state index in [-0.39, 0.29) is 12.5 Å². The van der Waals surface area contributed by atoms with Crippen LogP contribution in [0.5, 0.6) is 11.5 Å². The molecule has 2 N–H and O–H groups in total. The molecular weight excluding hydrogens is 258 g/mol. The Labute approximate surface area is 115 Å². The average molecular weight is 271 g/mol. The van der Waals surface area contributed by atoms with Crippen LogP contribution in [0.25, 0.3) is 0 Å². The van der Waals surface area contributed by atoms with Crippen molar-refractivity contribution in [3.05, 3.63) is 48.3 Å². The van der Waals surface area contributed by atoms with Crippen LogP contribution >= 0.6 is 0 Å². The highest BCUT2D eigenvalue weighted by Gasteiger charge is 2.26. The molecule has 1 aromatic heterocycles. The van der Waals surface area contributed by atoms with Crippen molar-refractivity contribution >= 4 is 12.1 Å². The number of hydrazone groups is 1. The van der Waals surface area contributed by atoms with E-state index in [4.69, 9.17) is 9.47 Å². The van der Waals surface area contributed by atoms with Gasteiger partial charge in [0.2, 0.25) is 6.10 Å². The number of nitrogens with one attached hydrogen (secondary N) is 2. The topological polar surface area (TPSA) is 75.7 Å². The summed E-state index contributed by atoms with van der Waals surface area (Å²) in [6, 6.07) is 10.9. The molecule has 2 heterocycles. The Bertz CT molecular complexity index is 622. The highest BCUT2D eigenvalue weighted by Crippen LogP contribution is 2.30. The standard InChI is InChI=1S/C14H13N3O3/c18-14(17-16-8-10-4-3-7-15-10)13-9-19-11-5-1-2-6-12(11)20-13/h1-8,13,15H,9H2,(H,17,18). The van der Waals surface area contributed by atoms with Gasteiger partial charge in [0.05, 0.1) is 11.9 Å². The number of amides is 1. The Balaban J connectivity index is 1.59. The lowest BCUT2D eigenvalue weighted by Gasteiger charge is -2.24. The Morgan fingerprint density at radius 2 is 2.15 bits per heavy atom. The SMILES string of the molecule is O=C(NN=Cc1ccc[nH]1)C1COc2ccccc2O1. The molecule has 0 saturated carbocycles. The molecule has 1 aliphatic rings. The zero-order valence-electron chi connectivity index (χ0n) is 10.6. The summed E-state index contributed by atoms with van der Waals surface area (Å²) in [4.78, 5) is 14.8. The summed E-state index contributed by atoms with van der Waals surface area (Å²) in [6.45, 7) is 0.168. The largest absolute Gasteiger partial charge is 0.485 e. The number of fused-ring (bicyclic) bond motifs is 1. The molecule has 20 heavy (non-hydrogen) atoms. The maximum Gasteiger partial charge on any atom is 0.284 e. The smallest absolute Gasteiger partial charge is 0.284 e. The van der Waals surface area contributed by atoms with Crippen molar-refractivity contribution < 1.29 is 14.3 Å². The lowest BCUT2D eigenvalue weighted by Crippen LogP contribution is -2.42. The molecule has 0 saturated heterocycles. The maximum absolute atomic E-state index is 11.9. The quantitative estimate of drug-likeness (QED) is 0.652. The number of hydrogen-bond acceptors (Lipinski definition) is 4. The second kappa shape index (κ2) is 5.48. The van der Waals surface area contributed by atoms with Crippen LogP contribution in [0.15, 0.2) is 47.7 Å². The van der Waals surface area contributed by atoms with Crippen LogP contribution in [0.2, 0.25) is 0 Å². The van der Waals surface area contributed by atoms with Gasteiger partial charge in [-0.15, -0.1) is 0 Å². The summed E-state index contributed by atoms with van der Waals surface area (Å²) in [7, 11) is 0. The van der Waals surface area contributed by atoms with E-state index in [2.05, 4.69) is 15.5 Å². The molecule has 102 valence electrons. The van der Waals surface area contributed by atoms with E-state index in [1.807, 2.05) is 24.3 Å². The monoisotopic (exact) mass is 271 g/mol. The van der Waals surface area contributed by atoms with Crippen LogP contribution in [0, 0.1) is 0 Å². The second-order valence-corrected chi connectivity index (χ2v) is 4.22. The van der Waals surface area contributed by atoms with Crippen LogP contribution < -0.4 is 14.9 Å². The summed E-state index contributed by atoms with van der Waals surface area (Å²) in [5.74, 6) is 0.862. The first-order chi connectivity index (χ1) is 9.83. The number of aromatic amines is 1. The van der Waals surface area contributed by atoms with E-state index in [1.54, 1.807) is 18.3 Å². The van der Waals surface area contributed by atoms with E-state index in [0.717, 1.165) is 5.69 Å². The van der Waals surface area contributed by atoms with Gasteiger partial charge in [0.15, 0.2) is 11.5 Å². The fourth-order valence-corrected chi connectivity index (χ4v) is 1.81. The number of rotatable bonds is 3. The predicted octanol–water partition coefficient (Wildman–Crippen LogP) is 1.30. The summed E-state index contributed by atoms with van der Waals surface area (Å²) in [5, 5.41) is 3.85. The van der Waals surface area contributed by atoms with Gasteiger partial charge in [0.25, 0.3) is 5.91 Å². The van der Waals surface area contributed by atoms with Crippen LogP contribution in [0.1, 0.15) is 5.69 Å². The minimum Gasteiger partial charge on any atom is -0.485 e. The average Bonchev–Trinajstić information content (AvgIpc) is 3.00. The molecule has 0 radical (unpaired) electrons. The molecule has 2 aromatic rings. The van der Waals surface area contributed by atoms with Crippen molar-refractivity contribution in [3.63, 3.8) is 0 Å². The molecule has 1 aliphatic heterocycles. The first-order valence-electron chi connectivity index (χ1n) is 6.18. The first-order valence-corrected chi connectivity index (χ1v) is 6.18. The number of H-pyrrole nitrogens is 1. The molecular formula is C14H13N3O3. The number of carbonyl (C=O) groups is 1. The lowest BCUT2D eigenvalue weighted by atomic mass is 10.2. The van der Waals surface area contributed by atoms with Gasteiger partial charge in [0, 0.05) is 6.20 Å². The first kappa shape index (κ1) is 12.3. The third-order valence-electron chi connectivity index (χ3n) is 2.80.